The number of hydrogen-bond donors (Lipinski definition) is 0. The first-order valence-corrected chi connectivity index (χ1v) is 10.7. The first-order chi connectivity index (χ1) is 13.8. The summed E-state index contributed by atoms with van der Waals surface area (Å²) < 4.78 is 29.9. The molecule has 1 heterocycles. The van der Waals surface area contributed by atoms with Crippen molar-refractivity contribution in [3.63, 3.8) is 0 Å². The van der Waals surface area contributed by atoms with Crippen molar-refractivity contribution in [3.8, 4) is 28.8 Å². The SMILES string of the molecule is COc1ccccc1C#Cc1nc(-c2ccc(S(=O)(=O)C(C)C)cc2)cnc1C.[HH]. The fourth-order valence-electron chi connectivity index (χ4n) is 2.67. The summed E-state index contributed by atoms with van der Waals surface area (Å²) in [4.78, 5) is 9.31. The fraction of sp³-hybridized carbons (Fsp3) is 0.217. The second-order valence-corrected chi connectivity index (χ2v) is 9.26. The number of sulfone groups is 1. The van der Waals surface area contributed by atoms with E-state index < -0.39 is 15.1 Å². The molecule has 0 saturated heterocycles. The second-order valence-electron chi connectivity index (χ2n) is 6.76. The highest BCUT2D eigenvalue weighted by atomic mass is 32.2. The highest BCUT2D eigenvalue weighted by molar-refractivity contribution is 7.92. The van der Waals surface area contributed by atoms with Gasteiger partial charge in [0.1, 0.15) is 11.4 Å². The van der Waals surface area contributed by atoms with Crippen molar-refractivity contribution in [3.05, 3.63) is 71.7 Å². The summed E-state index contributed by atoms with van der Waals surface area (Å²) in [5.41, 5.74) is 3.46. The van der Waals surface area contributed by atoms with Gasteiger partial charge in [0.2, 0.25) is 0 Å². The summed E-state index contributed by atoms with van der Waals surface area (Å²) in [6.45, 7) is 5.18. The average Bonchev–Trinajstić information content (AvgIpc) is 2.73. The summed E-state index contributed by atoms with van der Waals surface area (Å²) in [7, 11) is -1.70. The van der Waals surface area contributed by atoms with Gasteiger partial charge in [0, 0.05) is 6.99 Å². The third-order valence-corrected chi connectivity index (χ3v) is 6.65. The first-order valence-electron chi connectivity index (χ1n) is 9.16. The van der Waals surface area contributed by atoms with E-state index in [1.165, 1.54) is 0 Å². The molecule has 0 N–H and O–H groups in total. The molecular weight excluding hydrogens is 384 g/mol. The van der Waals surface area contributed by atoms with Gasteiger partial charge in [0.15, 0.2) is 9.84 Å². The summed E-state index contributed by atoms with van der Waals surface area (Å²) >= 11 is 0. The van der Waals surface area contributed by atoms with Gasteiger partial charge in [-0.15, -0.1) is 0 Å². The molecule has 6 heteroatoms. The molecule has 3 aromatic rings. The van der Waals surface area contributed by atoms with E-state index >= 15 is 0 Å². The minimum Gasteiger partial charge on any atom is -0.495 e. The molecule has 0 saturated carbocycles. The number of hydrogen-bond acceptors (Lipinski definition) is 5. The lowest BCUT2D eigenvalue weighted by molar-refractivity contribution is 0.413. The molecular formula is C23H24N2O3S. The van der Waals surface area contributed by atoms with Crippen LogP contribution in [-0.2, 0) is 9.84 Å². The highest BCUT2D eigenvalue weighted by Gasteiger charge is 2.19. The lowest BCUT2D eigenvalue weighted by Gasteiger charge is -2.09. The molecule has 0 fully saturated rings. The van der Waals surface area contributed by atoms with Crippen LogP contribution in [0.25, 0.3) is 11.3 Å². The Morgan fingerprint density at radius 1 is 1.03 bits per heavy atom. The Labute approximate surface area is 173 Å². The van der Waals surface area contributed by atoms with Crippen molar-refractivity contribution >= 4 is 9.84 Å². The van der Waals surface area contributed by atoms with Crippen LogP contribution >= 0.6 is 0 Å². The third-order valence-electron chi connectivity index (χ3n) is 4.48. The van der Waals surface area contributed by atoms with Gasteiger partial charge in [0.25, 0.3) is 0 Å². The highest BCUT2D eigenvalue weighted by Crippen LogP contribution is 2.22. The molecule has 0 unspecified atom stereocenters. The van der Waals surface area contributed by atoms with Gasteiger partial charge in [-0.05, 0) is 51.0 Å². The maximum absolute atomic E-state index is 12.3. The molecule has 0 bridgehead atoms. The van der Waals surface area contributed by atoms with Crippen LogP contribution in [0.4, 0.5) is 0 Å². The number of ether oxygens (including phenoxy) is 1. The number of aryl methyl sites for hydroxylation is 1. The molecule has 150 valence electrons. The normalized spacial score (nSPS) is 11.1. The lowest BCUT2D eigenvalue weighted by Crippen LogP contribution is -2.13. The van der Waals surface area contributed by atoms with Gasteiger partial charge in [0.05, 0.1) is 40.4 Å². The van der Waals surface area contributed by atoms with E-state index in [1.807, 2.05) is 31.2 Å². The Bertz CT molecular complexity index is 1200. The van der Waals surface area contributed by atoms with Crippen molar-refractivity contribution in [2.24, 2.45) is 0 Å². The summed E-state index contributed by atoms with van der Waals surface area (Å²) in [5, 5.41) is -0.468. The van der Waals surface area contributed by atoms with Crippen LogP contribution in [0.1, 0.15) is 32.2 Å². The molecule has 2 aromatic carbocycles. The Kier molecular flexibility index (Phi) is 6.00. The topological polar surface area (TPSA) is 69.2 Å². The molecule has 0 aliphatic carbocycles. The van der Waals surface area contributed by atoms with E-state index in [0.717, 1.165) is 16.8 Å². The Hall–Kier alpha value is -3.17. The van der Waals surface area contributed by atoms with Crippen LogP contribution in [-0.4, -0.2) is 30.7 Å². The standard InChI is InChI=1S/C23H22N2O3S.H2/c1-16(2)29(26,27)20-12-9-18(10-13-20)22-15-24-17(3)21(25-22)14-11-19-7-5-6-8-23(19)28-4;/h5-10,12-13,15-16H,1-4H3;1H. The lowest BCUT2D eigenvalue weighted by atomic mass is 10.1. The van der Waals surface area contributed by atoms with Gasteiger partial charge in [-0.1, -0.05) is 30.2 Å². The molecule has 0 atom stereocenters. The van der Waals surface area contributed by atoms with Crippen molar-refractivity contribution in [1.82, 2.24) is 9.97 Å². The van der Waals surface area contributed by atoms with E-state index in [9.17, 15) is 8.42 Å². The van der Waals surface area contributed by atoms with Gasteiger partial charge < -0.3 is 4.74 Å². The number of benzene rings is 2. The minimum absolute atomic E-state index is 0. The van der Waals surface area contributed by atoms with Gasteiger partial charge in [-0.2, -0.15) is 0 Å². The zero-order valence-electron chi connectivity index (χ0n) is 16.8. The smallest absolute Gasteiger partial charge is 0.180 e. The first kappa shape index (κ1) is 20.6. The molecule has 0 spiro atoms. The Morgan fingerprint density at radius 2 is 1.72 bits per heavy atom. The van der Waals surface area contributed by atoms with Crippen LogP contribution in [0, 0.1) is 18.8 Å². The maximum Gasteiger partial charge on any atom is 0.180 e. The van der Waals surface area contributed by atoms with Crippen molar-refractivity contribution in [2.45, 2.75) is 30.9 Å². The van der Waals surface area contributed by atoms with Crippen LogP contribution in [0.5, 0.6) is 5.75 Å². The van der Waals surface area contributed by atoms with Crippen LogP contribution in [0.3, 0.4) is 0 Å². The summed E-state index contributed by atoms with van der Waals surface area (Å²) in [6.07, 6.45) is 1.66. The van der Waals surface area contributed by atoms with Crippen molar-refractivity contribution in [1.29, 1.82) is 0 Å². The minimum atomic E-state index is -3.31. The maximum atomic E-state index is 12.3. The molecule has 1 aromatic heterocycles. The summed E-state index contributed by atoms with van der Waals surface area (Å²) in [5.74, 6) is 6.85. The van der Waals surface area contributed by atoms with Gasteiger partial charge in [-0.25, -0.2) is 13.4 Å². The van der Waals surface area contributed by atoms with E-state index in [4.69, 9.17) is 4.74 Å². The van der Waals surface area contributed by atoms with Crippen molar-refractivity contribution < 1.29 is 14.6 Å². The van der Waals surface area contributed by atoms with Gasteiger partial charge >= 0.3 is 0 Å². The largest absolute Gasteiger partial charge is 0.495 e. The van der Waals surface area contributed by atoms with E-state index in [1.54, 1.807) is 51.4 Å². The van der Waals surface area contributed by atoms with Crippen LogP contribution < -0.4 is 4.74 Å². The zero-order chi connectivity index (χ0) is 21.0. The monoisotopic (exact) mass is 408 g/mol. The van der Waals surface area contributed by atoms with Crippen LogP contribution in [0.2, 0.25) is 0 Å². The molecule has 29 heavy (non-hydrogen) atoms. The Balaban J connectivity index is 0.00000320. The molecule has 3 rings (SSSR count). The van der Waals surface area contributed by atoms with E-state index in [0.29, 0.717) is 22.0 Å². The predicted molar refractivity (Wildman–Crippen MR) is 116 cm³/mol. The van der Waals surface area contributed by atoms with E-state index in [2.05, 4.69) is 21.8 Å². The molecule has 5 nitrogen and oxygen atoms in total. The number of aromatic nitrogens is 2. The molecule has 0 aliphatic rings. The van der Waals surface area contributed by atoms with Gasteiger partial charge in [-0.3, -0.25) is 4.98 Å². The van der Waals surface area contributed by atoms with E-state index in [-0.39, 0.29) is 1.43 Å². The molecule has 0 amide bonds. The number of para-hydroxylation sites is 1. The van der Waals surface area contributed by atoms with Crippen LogP contribution in [0.15, 0.2) is 59.6 Å². The third kappa shape index (κ3) is 4.47. The number of nitrogens with zero attached hydrogens (tertiary/aromatic N) is 2. The average molecular weight is 409 g/mol. The molecule has 0 aliphatic heterocycles. The van der Waals surface area contributed by atoms with Crippen molar-refractivity contribution in [2.75, 3.05) is 7.11 Å². The Morgan fingerprint density at radius 3 is 2.38 bits per heavy atom. The second kappa shape index (κ2) is 8.46. The zero-order valence-corrected chi connectivity index (χ0v) is 17.6. The fourth-order valence-corrected chi connectivity index (χ4v) is 3.73. The predicted octanol–water partition coefficient (Wildman–Crippen LogP) is 4.29. The summed E-state index contributed by atoms with van der Waals surface area (Å²) in [6, 6.07) is 14.2. The number of methoxy groups -OCH3 is 1. The quantitative estimate of drug-likeness (QED) is 0.603. The number of rotatable bonds is 4. The molecule has 0 radical (unpaired) electrons.